The number of aliphatic hydroxyl groups excluding tert-OH is 1. The van der Waals surface area contributed by atoms with Crippen LogP contribution in [-0.4, -0.2) is 21.0 Å². The normalized spacial score (nSPS) is 13.2. The molecule has 1 atom stereocenters. The van der Waals surface area contributed by atoms with Crippen molar-refractivity contribution < 1.29 is 5.11 Å². The lowest BCUT2D eigenvalue weighted by atomic mass is 10.2. The van der Waals surface area contributed by atoms with E-state index in [1.165, 1.54) is 5.69 Å². The molecule has 0 radical (unpaired) electrons. The highest BCUT2D eigenvalue weighted by Gasteiger charge is 1.98. The maximum atomic E-state index is 9.04. The molecule has 0 fully saturated rings. The SMILES string of the molecule is Cc1ccnn1CCCCC(C)O. The number of hydrogen-bond acceptors (Lipinski definition) is 2. The summed E-state index contributed by atoms with van der Waals surface area (Å²) in [6, 6.07) is 2.01. The lowest BCUT2D eigenvalue weighted by Gasteiger charge is -2.05. The predicted octanol–water partition coefficient (Wildman–Crippen LogP) is 1.74. The molecule has 1 rings (SSSR count). The van der Waals surface area contributed by atoms with Gasteiger partial charge in [-0.1, -0.05) is 0 Å². The van der Waals surface area contributed by atoms with Crippen molar-refractivity contribution in [3.05, 3.63) is 18.0 Å². The molecule has 0 aromatic carbocycles. The molecule has 1 unspecified atom stereocenters. The first-order chi connectivity index (χ1) is 6.20. The molecule has 0 spiro atoms. The highest BCUT2D eigenvalue weighted by molar-refractivity contribution is 4.96. The fourth-order valence-electron chi connectivity index (χ4n) is 1.33. The number of unbranched alkanes of at least 4 members (excludes halogenated alkanes) is 1. The van der Waals surface area contributed by atoms with Crippen molar-refractivity contribution >= 4 is 0 Å². The highest BCUT2D eigenvalue weighted by atomic mass is 16.3. The molecule has 0 aliphatic carbocycles. The molecule has 1 aromatic rings. The van der Waals surface area contributed by atoms with Gasteiger partial charge in [-0.2, -0.15) is 5.10 Å². The smallest absolute Gasteiger partial charge is 0.0512 e. The van der Waals surface area contributed by atoms with Crippen molar-refractivity contribution in [2.75, 3.05) is 0 Å². The van der Waals surface area contributed by atoms with Crippen molar-refractivity contribution in [1.82, 2.24) is 9.78 Å². The summed E-state index contributed by atoms with van der Waals surface area (Å²) in [5.41, 5.74) is 1.21. The Hall–Kier alpha value is -0.830. The van der Waals surface area contributed by atoms with Crippen LogP contribution in [0.1, 0.15) is 31.9 Å². The summed E-state index contributed by atoms with van der Waals surface area (Å²) in [6.07, 6.45) is 4.70. The Morgan fingerprint density at radius 3 is 2.85 bits per heavy atom. The first kappa shape index (κ1) is 10.3. The van der Waals surface area contributed by atoms with Gasteiger partial charge in [0.05, 0.1) is 6.10 Å². The van der Waals surface area contributed by atoms with Crippen molar-refractivity contribution in [1.29, 1.82) is 0 Å². The Morgan fingerprint density at radius 1 is 1.54 bits per heavy atom. The maximum Gasteiger partial charge on any atom is 0.0512 e. The minimum Gasteiger partial charge on any atom is -0.393 e. The Labute approximate surface area is 79.4 Å². The fourth-order valence-corrected chi connectivity index (χ4v) is 1.33. The van der Waals surface area contributed by atoms with E-state index in [-0.39, 0.29) is 6.10 Å². The van der Waals surface area contributed by atoms with E-state index in [0.29, 0.717) is 0 Å². The van der Waals surface area contributed by atoms with Gasteiger partial charge in [0.2, 0.25) is 0 Å². The molecule has 1 N–H and O–H groups in total. The lowest BCUT2D eigenvalue weighted by Crippen LogP contribution is -2.04. The topological polar surface area (TPSA) is 38.0 Å². The van der Waals surface area contributed by atoms with E-state index >= 15 is 0 Å². The van der Waals surface area contributed by atoms with Crippen LogP contribution in [-0.2, 0) is 6.54 Å². The van der Waals surface area contributed by atoms with Crippen LogP contribution in [0.5, 0.6) is 0 Å². The van der Waals surface area contributed by atoms with Crippen LogP contribution in [0.2, 0.25) is 0 Å². The Balaban J connectivity index is 2.17. The van der Waals surface area contributed by atoms with Crippen LogP contribution >= 0.6 is 0 Å². The summed E-state index contributed by atoms with van der Waals surface area (Å²) < 4.78 is 2.00. The standard InChI is InChI=1S/C10H18N2O/c1-9-6-7-11-12(9)8-4-3-5-10(2)13/h6-7,10,13H,3-5,8H2,1-2H3. The molecule has 0 bridgehead atoms. The summed E-state index contributed by atoms with van der Waals surface area (Å²) in [4.78, 5) is 0. The van der Waals surface area contributed by atoms with Crippen molar-refractivity contribution in [2.24, 2.45) is 0 Å². The van der Waals surface area contributed by atoms with Gasteiger partial charge < -0.3 is 5.11 Å². The van der Waals surface area contributed by atoms with Gasteiger partial charge in [-0.05, 0) is 39.2 Å². The quantitative estimate of drug-likeness (QED) is 0.704. The Bertz CT molecular complexity index is 243. The van der Waals surface area contributed by atoms with E-state index in [2.05, 4.69) is 12.0 Å². The van der Waals surface area contributed by atoms with Crippen LogP contribution < -0.4 is 0 Å². The largest absolute Gasteiger partial charge is 0.393 e. The van der Waals surface area contributed by atoms with Crippen LogP contribution in [0.15, 0.2) is 12.3 Å². The van der Waals surface area contributed by atoms with Crippen LogP contribution in [0.25, 0.3) is 0 Å². The third kappa shape index (κ3) is 3.59. The fraction of sp³-hybridized carbons (Fsp3) is 0.700. The van der Waals surface area contributed by atoms with Gasteiger partial charge in [0.15, 0.2) is 0 Å². The van der Waals surface area contributed by atoms with Gasteiger partial charge >= 0.3 is 0 Å². The first-order valence-corrected chi connectivity index (χ1v) is 4.86. The molecule has 0 aliphatic rings. The van der Waals surface area contributed by atoms with Crippen LogP contribution in [0, 0.1) is 6.92 Å². The number of aromatic nitrogens is 2. The molecule has 3 heteroatoms. The van der Waals surface area contributed by atoms with E-state index in [9.17, 15) is 0 Å². The minimum absolute atomic E-state index is 0.168. The predicted molar refractivity (Wildman–Crippen MR) is 52.5 cm³/mol. The van der Waals surface area contributed by atoms with Crippen LogP contribution in [0.4, 0.5) is 0 Å². The second kappa shape index (κ2) is 5.02. The first-order valence-electron chi connectivity index (χ1n) is 4.86. The number of hydrogen-bond donors (Lipinski definition) is 1. The Morgan fingerprint density at radius 2 is 2.31 bits per heavy atom. The molecule has 74 valence electrons. The second-order valence-corrected chi connectivity index (χ2v) is 3.54. The van der Waals surface area contributed by atoms with Crippen molar-refractivity contribution in [3.63, 3.8) is 0 Å². The molecule has 1 heterocycles. The van der Waals surface area contributed by atoms with E-state index in [0.717, 1.165) is 25.8 Å². The van der Waals surface area contributed by atoms with E-state index in [1.54, 1.807) is 0 Å². The van der Waals surface area contributed by atoms with Gasteiger partial charge in [-0.25, -0.2) is 0 Å². The third-order valence-electron chi connectivity index (χ3n) is 2.17. The molecular weight excluding hydrogens is 164 g/mol. The zero-order valence-electron chi connectivity index (χ0n) is 8.40. The molecule has 0 saturated carbocycles. The third-order valence-corrected chi connectivity index (χ3v) is 2.17. The zero-order valence-corrected chi connectivity index (χ0v) is 8.40. The molecule has 13 heavy (non-hydrogen) atoms. The molecule has 0 saturated heterocycles. The summed E-state index contributed by atoms with van der Waals surface area (Å²) in [6.45, 7) is 4.85. The second-order valence-electron chi connectivity index (χ2n) is 3.54. The van der Waals surface area contributed by atoms with Gasteiger partial charge in [-0.3, -0.25) is 4.68 Å². The molecule has 1 aromatic heterocycles. The van der Waals surface area contributed by atoms with Gasteiger partial charge in [0.25, 0.3) is 0 Å². The number of rotatable bonds is 5. The Kier molecular flexibility index (Phi) is 3.96. The van der Waals surface area contributed by atoms with Gasteiger partial charge in [0, 0.05) is 18.4 Å². The number of nitrogens with zero attached hydrogens (tertiary/aromatic N) is 2. The van der Waals surface area contributed by atoms with Crippen LogP contribution in [0.3, 0.4) is 0 Å². The van der Waals surface area contributed by atoms with Crippen molar-refractivity contribution in [2.45, 2.75) is 45.8 Å². The zero-order chi connectivity index (χ0) is 9.68. The molecule has 3 nitrogen and oxygen atoms in total. The summed E-state index contributed by atoms with van der Waals surface area (Å²) in [5.74, 6) is 0. The summed E-state index contributed by atoms with van der Waals surface area (Å²) in [7, 11) is 0. The van der Waals surface area contributed by atoms with E-state index in [4.69, 9.17) is 5.11 Å². The number of aliphatic hydroxyl groups is 1. The van der Waals surface area contributed by atoms with Crippen molar-refractivity contribution in [3.8, 4) is 0 Å². The maximum absolute atomic E-state index is 9.04. The average Bonchev–Trinajstić information content (AvgIpc) is 2.45. The van der Waals surface area contributed by atoms with E-state index < -0.39 is 0 Å². The number of aryl methyl sites for hydroxylation is 2. The van der Waals surface area contributed by atoms with Gasteiger partial charge in [0.1, 0.15) is 0 Å². The average molecular weight is 182 g/mol. The lowest BCUT2D eigenvalue weighted by molar-refractivity contribution is 0.180. The van der Waals surface area contributed by atoms with E-state index in [1.807, 2.05) is 23.9 Å². The van der Waals surface area contributed by atoms with Gasteiger partial charge in [-0.15, -0.1) is 0 Å². The molecule has 0 aliphatic heterocycles. The minimum atomic E-state index is -0.168. The summed E-state index contributed by atoms with van der Waals surface area (Å²) in [5, 5.41) is 13.2. The molecule has 0 amide bonds. The summed E-state index contributed by atoms with van der Waals surface area (Å²) >= 11 is 0. The molecular formula is C10H18N2O. The highest BCUT2D eigenvalue weighted by Crippen LogP contribution is 2.03. The monoisotopic (exact) mass is 182 g/mol.